The maximum Gasteiger partial charge on any atom is 0.338 e. The van der Waals surface area contributed by atoms with E-state index in [4.69, 9.17) is 14.2 Å². The number of hydrogen-bond acceptors (Lipinski definition) is 6. The molecule has 0 radical (unpaired) electrons. The summed E-state index contributed by atoms with van der Waals surface area (Å²) in [7, 11) is 0. The van der Waals surface area contributed by atoms with Crippen LogP contribution in [0.5, 0.6) is 5.75 Å². The summed E-state index contributed by atoms with van der Waals surface area (Å²) in [6.07, 6.45) is 8.02. The molecule has 4 rings (SSSR count). The zero-order valence-electron chi connectivity index (χ0n) is 27.2. The van der Waals surface area contributed by atoms with Crippen LogP contribution in [0.2, 0.25) is 0 Å². The van der Waals surface area contributed by atoms with Gasteiger partial charge in [0.1, 0.15) is 12.4 Å². The van der Waals surface area contributed by atoms with E-state index in [0.29, 0.717) is 37.4 Å². The highest BCUT2D eigenvalue weighted by Crippen LogP contribution is 2.25. The predicted molar refractivity (Wildman–Crippen MR) is 185 cm³/mol. The summed E-state index contributed by atoms with van der Waals surface area (Å²) in [4.78, 5) is 36.5. The van der Waals surface area contributed by atoms with E-state index in [2.05, 4.69) is 17.5 Å². The van der Waals surface area contributed by atoms with Crippen LogP contribution in [0, 0.1) is 5.92 Å². The number of hydrogen-bond donors (Lipinski definition) is 1. The molecule has 0 heterocycles. The number of nitrogens with one attached hydrogen (secondary N) is 1. The van der Waals surface area contributed by atoms with E-state index < -0.39 is 0 Å². The number of carbonyl (C=O) groups is 3. The first-order valence-corrected chi connectivity index (χ1v) is 16.2. The van der Waals surface area contributed by atoms with Crippen molar-refractivity contribution in [2.45, 2.75) is 52.6 Å². The van der Waals surface area contributed by atoms with E-state index >= 15 is 0 Å². The van der Waals surface area contributed by atoms with Gasteiger partial charge in [0.05, 0.1) is 18.8 Å². The highest BCUT2D eigenvalue weighted by molar-refractivity contribution is 6.04. The highest BCUT2D eigenvalue weighted by Gasteiger charge is 2.12. The molecule has 0 aliphatic heterocycles. The first kappa shape index (κ1) is 34.7. The summed E-state index contributed by atoms with van der Waals surface area (Å²) in [5.74, 6) is 0.313. The van der Waals surface area contributed by atoms with Crippen LogP contribution in [0.15, 0.2) is 109 Å². The molecule has 4 aromatic rings. The monoisotopic (exact) mass is 633 g/mol. The van der Waals surface area contributed by atoms with Crippen molar-refractivity contribution in [2.75, 3.05) is 18.5 Å². The molecule has 0 aliphatic carbocycles. The van der Waals surface area contributed by atoms with Gasteiger partial charge in [-0.1, -0.05) is 79.2 Å². The van der Waals surface area contributed by atoms with Crippen molar-refractivity contribution < 1.29 is 28.6 Å². The second-order valence-corrected chi connectivity index (χ2v) is 11.1. The van der Waals surface area contributed by atoms with E-state index in [0.717, 1.165) is 53.8 Å². The minimum Gasteiger partial charge on any atom is -0.488 e. The van der Waals surface area contributed by atoms with Crippen LogP contribution >= 0.6 is 0 Å². The van der Waals surface area contributed by atoms with Gasteiger partial charge in [-0.15, -0.1) is 0 Å². The summed E-state index contributed by atoms with van der Waals surface area (Å²) in [6.45, 7) is 4.70. The number of rotatable bonds is 17. The molecule has 0 spiro atoms. The maximum atomic E-state index is 12.6. The normalized spacial score (nSPS) is 11.5. The zero-order chi connectivity index (χ0) is 33.3. The largest absolute Gasteiger partial charge is 0.488 e. The first-order valence-electron chi connectivity index (χ1n) is 16.2. The fourth-order valence-corrected chi connectivity index (χ4v) is 5.10. The molecule has 1 unspecified atom stereocenters. The molecule has 0 bridgehead atoms. The number of esters is 2. The van der Waals surface area contributed by atoms with Gasteiger partial charge in [0.15, 0.2) is 0 Å². The molecular formula is C40H43NO6. The number of para-hydroxylation sites is 2. The Kier molecular flexibility index (Phi) is 13.8. The van der Waals surface area contributed by atoms with Crippen LogP contribution < -0.4 is 10.1 Å². The van der Waals surface area contributed by atoms with Crippen LogP contribution in [-0.4, -0.2) is 31.1 Å². The number of amides is 1. The lowest BCUT2D eigenvalue weighted by Crippen LogP contribution is -2.11. The van der Waals surface area contributed by atoms with Crippen molar-refractivity contribution in [2.24, 2.45) is 5.92 Å². The van der Waals surface area contributed by atoms with Crippen LogP contribution in [-0.2, 0) is 27.3 Å². The molecule has 0 aliphatic rings. The molecule has 1 atom stereocenters. The first-order chi connectivity index (χ1) is 22.9. The number of unbranched alkanes of at least 4 members (excludes halogenated alkanes) is 1. The van der Waals surface area contributed by atoms with Crippen molar-refractivity contribution in [3.63, 3.8) is 0 Å². The Hall–Kier alpha value is -5.17. The standard InChI is InChI=1S/C40H43NO6/c1-3-45-38(42)17-11-8-12-30(28-31-19-26-35(27-20-31)40(44)46-4-2)18-23-33-13-9-10-16-37(33)47-29-32-21-24-34(25-22-32)39(43)41-36-14-6-5-7-15-36/h5-7,9-10,13-16,18-27,30H,3-4,8,11-12,17,28-29H2,1-2H3,(H,41,43)/b23-18+. The van der Waals surface area contributed by atoms with Crippen LogP contribution in [0.4, 0.5) is 5.69 Å². The van der Waals surface area contributed by atoms with E-state index in [-0.39, 0.29) is 23.8 Å². The summed E-state index contributed by atoms with van der Waals surface area (Å²) in [5.41, 5.74) is 4.88. The Morgan fingerprint density at radius 2 is 1.38 bits per heavy atom. The number of carbonyl (C=O) groups excluding carboxylic acids is 3. The van der Waals surface area contributed by atoms with Gasteiger partial charge in [-0.05, 0) is 92.6 Å². The molecule has 0 saturated heterocycles. The van der Waals surface area contributed by atoms with Crippen molar-refractivity contribution >= 4 is 29.6 Å². The van der Waals surface area contributed by atoms with Gasteiger partial charge in [-0.2, -0.15) is 0 Å². The lowest BCUT2D eigenvalue weighted by Gasteiger charge is -2.15. The molecule has 47 heavy (non-hydrogen) atoms. The van der Waals surface area contributed by atoms with E-state index in [1.165, 1.54) is 0 Å². The summed E-state index contributed by atoms with van der Waals surface area (Å²) in [5, 5.41) is 2.90. The molecule has 7 heteroatoms. The number of anilines is 1. The predicted octanol–water partition coefficient (Wildman–Crippen LogP) is 8.69. The van der Waals surface area contributed by atoms with Gasteiger partial charge in [-0.25, -0.2) is 4.79 Å². The summed E-state index contributed by atoms with van der Waals surface area (Å²) < 4.78 is 16.4. The fourth-order valence-electron chi connectivity index (χ4n) is 5.10. The fraction of sp³-hybridized carbons (Fsp3) is 0.275. The van der Waals surface area contributed by atoms with Crippen LogP contribution in [0.25, 0.3) is 6.08 Å². The summed E-state index contributed by atoms with van der Waals surface area (Å²) >= 11 is 0. The average molecular weight is 634 g/mol. The van der Waals surface area contributed by atoms with Crippen molar-refractivity contribution in [3.05, 3.63) is 137 Å². The topological polar surface area (TPSA) is 90.9 Å². The van der Waals surface area contributed by atoms with Gasteiger partial charge in [0, 0.05) is 23.2 Å². The van der Waals surface area contributed by atoms with E-state index in [9.17, 15) is 14.4 Å². The third kappa shape index (κ3) is 11.6. The third-order valence-corrected chi connectivity index (χ3v) is 7.58. The van der Waals surface area contributed by atoms with Gasteiger partial charge in [0.25, 0.3) is 5.91 Å². The lowest BCUT2D eigenvalue weighted by atomic mass is 9.92. The number of benzene rings is 4. The molecule has 0 saturated carbocycles. The molecule has 1 amide bonds. The molecular weight excluding hydrogens is 590 g/mol. The molecule has 244 valence electrons. The Labute approximate surface area is 277 Å². The SMILES string of the molecule is CCOC(=O)CCCCC(/C=C/c1ccccc1OCc1ccc(C(=O)Nc2ccccc2)cc1)Cc1ccc(C(=O)OCC)cc1. The van der Waals surface area contributed by atoms with Crippen LogP contribution in [0.1, 0.15) is 76.9 Å². The zero-order valence-corrected chi connectivity index (χ0v) is 27.2. The van der Waals surface area contributed by atoms with Crippen molar-refractivity contribution in [3.8, 4) is 5.75 Å². The van der Waals surface area contributed by atoms with Crippen molar-refractivity contribution in [1.82, 2.24) is 0 Å². The Bertz CT molecular complexity index is 1600. The van der Waals surface area contributed by atoms with Crippen molar-refractivity contribution in [1.29, 1.82) is 0 Å². The van der Waals surface area contributed by atoms with Gasteiger partial charge in [0.2, 0.25) is 0 Å². The maximum absolute atomic E-state index is 12.6. The van der Waals surface area contributed by atoms with Gasteiger partial charge < -0.3 is 19.5 Å². The minimum absolute atomic E-state index is 0.162. The molecule has 0 fully saturated rings. The smallest absolute Gasteiger partial charge is 0.338 e. The summed E-state index contributed by atoms with van der Waals surface area (Å²) in [6, 6.07) is 32.2. The van der Waals surface area contributed by atoms with E-state index in [1.807, 2.05) is 85.8 Å². The molecule has 7 nitrogen and oxygen atoms in total. The van der Waals surface area contributed by atoms with E-state index in [1.54, 1.807) is 31.2 Å². The number of ether oxygens (including phenoxy) is 3. The Morgan fingerprint density at radius 3 is 2.11 bits per heavy atom. The second-order valence-electron chi connectivity index (χ2n) is 11.1. The molecule has 4 aromatic carbocycles. The van der Waals surface area contributed by atoms with Crippen LogP contribution in [0.3, 0.4) is 0 Å². The molecule has 0 aromatic heterocycles. The minimum atomic E-state index is -0.324. The average Bonchev–Trinajstić information content (AvgIpc) is 3.09. The highest BCUT2D eigenvalue weighted by atomic mass is 16.5. The van der Waals surface area contributed by atoms with Gasteiger partial charge >= 0.3 is 11.9 Å². The second kappa shape index (κ2) is 18.7. The third-order valence-electron chi connectivity index (χ3n) is 7.58. The Balaban J connectivity index is 1.39. The number of allylic oxidation sites excluding steroid dienone is 1. The van der Waals surface area contributed by atoms with Gasteiger partial charge in [-0.3, -0.25) is 9.59 Å². The Morgan fingerprint density at radius 1 is 0.723 bits per heavy atom. The lowest BCUT2D eigenvalue weighted by molar-refractivity contribution is -0.143. The quantitative estimate of drug-likeness (QED) is 0.0924. The molecule has 1 N–H and O–H groups in total.